The van der Waals surface area contributed by atoms with Crippen molar-refractivity contribution in [1.82, 2.24) is 0 Å². The first-order valence-corrected chi connectivity index (χ1v) is 9.20. The molecule has 0 bridgehead atoms. The van der Waals surface area contributed by atoms with E-state index in [9.17, 15) is 36.3 Å². The zero-order valence-electron chi connectivity index (χ0n) is 13.5. The number of carbonyl (C=O) groups is 2. The number of ether oxygens (including phenoxy) is 2. The van der Waals surface area contributed by atoms with Crippen LogP contribution in [0, 0.1) is 0 Å². The number of rotatable bonds is 3. The largest absolute Gasteiger partial charge is 0.505 e. The van der Waals surface area contributed by atoms with Crippen molar-refractivity contribution >= 4 is 43.4 Å². The Kier molecular flexibility index (Phi) is 5.22. The number of benzene rings is 1. The smallest absolute Gasteiger partial charge is 0.501 e. The molecule has 0 saturated carbocycles. The third-order valence-electron chi connectivity index (χ3n) is 3.14. The van der Waals surface area contributed by atoms with Crippen molar-refractivity contribution in [3.8, 4) is 5.75 Å². The fraction of sp³-hybridized carbons (Fsp3) is 0.286. The van der Waals surface area contributed by atoms with Gasteiger partial charge in [-0.05, 0) is 28.1 Å². The zero-order chi connectivity index (χ0) is 20.8. The highest BCUT2D eigenvalue weighted by atomic mass is 79.9. The molecule has 2 rings (SSSR count). The molecule has 0 atom stereocenters. The first kappa shape index (κ1) is 21.0. The maximum absolute atomic E-state index is 12.7. The van der Waals surface area contributed by atoms with E-state index in [1.165, 1.54) is 13.8 Å². The number of aromatic hydroxyl groups is 1. The SMILES string of the molecule is CC1(C)OC(=O)C(=CNc2cc(S(=O)(=O)C(F)(F)F)cc(Br)c2O)C(=O)O1. The van der Waals surface area contributed by atoms with E-state index < -0.39 is 55.0 Å². The van der Waals surface area contributed by atoms with Gasteiger partial charge in [0.25, 0.3) is 15.6 Å². The highest BCUT2D eigenvalue weighted by Crippen LogP contribution is 2.39. The Hall–Kier alpha value is -2.28. The van der Waals surface area contributed by atoms with Gasteiger partial charge < -0.3 is 19.9 Å². The molecular formula is C14H11BrF3NO7S. The Balaban J connectivity index is 2.43. The normalized spacial score (nSPS) is 17.2. The Labute approximate surface area is 159 Å². The summed E-state index contributed by atoms with van der Waals surface area (Å²) in [6, 6.07) is 1.05. The van der Waals surface area contributed by atoms with E-state index in [1.807, 2.05) is 0 Å². The first-order chi connectivity index (χ1) is 12.2. The molecule has 1 heterocycles. The maximum Gasteiger partial charge on any atom is 0.501 e. The molecule has 13 heteroatoms. The summed E-state index contributed by atoms with van der Waals surface area (Å²) in [7, 11) is -5.70. The number of alkyl halides is 3. The molecule has 0 spiro atoms. The second-order valence-electron chi connectivity index (χ2n) is 5.63. The van der Waals surface area contributed by atoms with Crippen LogP contribution in [0.1, 0.15) is 13.8 Å². The second kappa shape index (κ2) is 6.71. The van der Waals surface area contributed by atoms with E-state index in [4.69, 9.17) is 9.47 Å². The molecule has 1 aromatic rings. The van der Waals surface area contributed by atoms with E-state index >= 15 is 0 Å². The number of sulfone groups is 1. The van der Waals surface area contributed by atoms with Crippen molar-refractivity contribution in [1.29, 1.82) is 0 Å². The van der Waals surface area contributed by atoms with Crippen LogP contribution in [0.25, 0.3) is 0 Å². The third kappa shape index (κ3) is 4.18. The predicted octanol–water partition coefficient (Wildman–Crippen LogP) is 2.58. The molecule has 1 saturated heterocycles. The Morgan fingerprint density at radius 1 is 1.19 bits per heavy atom. The van der Waals surface area contributed by atoms with Gasteiger partial charge in [-0.3, -0.25) is 0 Å². The first-order valence-electron chi connectivity index (χ1n) is 6.93. The average Bonchev–Trinajstić information content (AvgIpc) is 2.47. The third-order valence-corrected chi connectivity index (χ3v) is 5.21. The van der Waals surface area contributed by atoms with E-state index in [0.29, 0.717) is 18.3 Å². The van der Waals surface area contributed by atoms with Gasteiger partial charge in [0.15, 0.2) is 11.3 Å². The van der Waals surface area contributed by atoms with Crippen molar-refractivity contribution in [3.63, 3.8) is 0 Å². The van der Waals surface area contributed by atoms with Crippen LogP contribution >= 0.6 is 15.9 Å². The fourth-order valence-electron chi connectivity index (χ4n) is 1.90. The molecule has 148 valence electrons. The van der Waals surface area contributed by atoms with Crippen molar-refractivity contribution in [2.75, 3.05) is 5.32 Å². The molecule has 0 amide bonds. The fourth-order valence-corrected chi connectivity index (χ4v) is 3.33. The monoisotopic (exact) mass is 473 g/mol. The van der Waals surface area contributed by atoms with Crippen LogP contribution in [-0.4, -0.2) is 36.8 Å². The molecule has 27 heavy (non-hydrogen) atoms. The molecule has 8 nitrogen and oxygen atoms in total. The van der Waals surface area contributed by atoms with Gasteiger partial charge in [-0.25, -0.2) is 18.0 Å². The minimum atomic E-state index is -5.70. The summed E-state index contributed by atoms with van der Waals surface area (Å²) in [5.74, 6) is -4.33. The lowest BCUT2D eigenvalue weighted by Gasteiger charge is -2.29. The van der Waals surface area contributed by atoms with Crippen LogP contribution in [-0.2, 0) is 28.9 Å². The van der Waals surface area contributed by atoms with Gasteiger partial charge in [-0.2, -0.15) is 13.2 Å². The number of anilines is 1. The summed E-state index contributed by atoms with van der Waals surface area (Å²) in [5.41, 5.74) is -6.74. The minimum Gasteiger partial charge on any atom is -0.505 e. The topological polar surface area (TPSA) is 119 Å². The number of hydrogen-bond donors (Lipinski definition) is 2. The van der Waals surface area contributed by atoms with Gasteiger partial charge in [0, 0.05) is 20.0 Å². The molecule has 2 N–H and O–H groups in total. The Morgan fingerprint density at radius 3 is 2.19 bits per heavy atom. The lowest BCUT2D eigenvalue weighted by Crippen LogP contribution is -2.42. The van der Waals surface area contributed by atoms with Crippen molar-refractivity contribution in [2.24, 2.45) is 0 Å². The molecule has 0 aliphatic carbocycles. The Bertz CT molecular complexity index is 932. The number of phenolic OH excluding ortho intramolecular Hbond substituents is 1. The summed E-state index contributed by atoms with van der Waals surface area (Å²) in [5, 5.41) is 12.1. The van der Waals surface area contributed by atoms with Crippen molar-refractivity contribution in [2.45, 2.75) is 30.0 Å². The van der Waals surface area contributed by atoms with Gasteiger partial charge in [0.1, 0.15) is 0 Å². The average molecular weight is 474 g/mol. The molecule has 0 aromatic heterocycles. The Morgan fingerprint density at radius 2 is 1.70 bits per heavy atom. The lowest BCUT2D eigenvalue weighted by molar-refractivity contribution is -0.222. The maximum atomic E-state index is 12.7. The molecule has 0 radical (unpaired) electrons. The lowest BCUT2D eigenvalue weighted by atomic mass is 10.2. The van der Waals surface area contributed by atoms with Crippen LogP contribution in [0.4, 0.5) is 18.9 Å². The molecule has 1 fully saturated rings. The van der Waals surface area contributed by atoms with E-state index in [-0.39, 0.29) is 4.47 Å². The van der Waals surface area contributed by atoms with Gasteiger partial charge in [0.05, 0.1) is 15.1 Å². The van der Waals surface area contributed by atoms with Crippen LogP contribution in [0.2, 0.25) is 0 Å². The predicted molar refractivity (Wildman–Crippen MR) is 87.0 cm³/mol. The molecule has 1 aliphatic heterocycles. The molecule has 1 aliphatic rings. The van der Waals surface area contributed by atoms with E-state index in [1.54, 1.807) is 0 Å². The van der Waals surface area contributed by atoms with Gasteiger partial charge in [0.2, 0.25) is 0 Å². The van der Waals surface area contributed by atoms with Crippen LogP contribution < -0.4 is 5.32 Å². The van der Waals surface area contributed by atoms with Crippen molar-refractivity contribution in [3.05, 3.63) is 28.4 Å². The van der Waals surface area contributed by atoms with Gasteiger partial charge >= 0.3 is 17.4 Å². The van der Waals surface area contributed by atoms with Gasteiger partial charge in [-0.1, -0.05) is 0 Å². The van der Waals surface area contributed by atoms with E-state index in [0.717, 1.165) is 0 Å². The van der Waals surface area contributed by atoms with Gasteiger partial charge in [-0.15, -0.1) is 0 Å². The number of nitrogens with one attached hydrogen (secondary N) is 1. The number of phenols is 1. The summed E-state index contributed by atoms with van der Waals surface area (Å²) >= 11 is 2.74. The molecule has 1 aromatic carbocycles. The standard InChI is InChI=1S/C14H11BrF3NO7S/c1-13(2)25-11(21)7(12(22)26-13)5-19-9-4-6(3-8(15)10(9)20)27(23,24)14(16,17)18/h3-5,19-20H,1-2H3. The summed E-state index contributed by atoms with van der Waals surface area (Å²) in [6.45, 7) is 2.61. The number of carbonyl (C=O) groups excluding carboxylic acids is 2. The van der Waals surface area contributed by atoms with Crippen LogP contribution in [0.3, 0.4) is 0 Å². The van der Waals surface area contributed by atoms with Crippen LogP contribution in [0.5, 0.6) is 5.75 Å². The van der Waals surface area contributed by atoms with Crippen molar-refractivity contribution < 1.29 is 45.8 Å². The highest BCUT2D eigenvalue weighted by Gasteiger charge is 2.47. The minimum absolute atomic E-state index is 0.372. The quantitative estimate of drug-likeness (QED) is 0.297. The number of hydrogen-bond acceptors (Lipinski definition) is 8. The second-order valence-corrected chi connectivity index (χ2v) is 8.43. The van der Waals surface area contributed by atoms with E-state index in [2.05, 4.69) is 21.2 Å². The molecular weight excluding hydrogens is 463 g/mol. The highest BCUT2D eigenvalue weighted by molar-refractivity contribution is 9.10. The van der Waals surface area contributed by atoms with Crippen LogP contribution in [0.15, 0.2) is 33.3 Å². The summed E-state index contributed by atoms with van der Waals surface area (Å²) < 4.78 is 70.5. The zero-order valence-corrected chi connectivity index (χ0v) is 16.0. The molecule has 0 unspecified atom stereocenters. The summed E-state index contributed by atoms with van der Waals surface area (Å²) in [6.07, 6.45) is 0.714. The number of halogens is 4. The summed E-state index contributed by atoms with van der Waals surface area (Å²) in [4.78, 5) is 22.4. The number of cyclic esters (lactones) is 2. The number of esters is 2.